The summed E-state index contributed by atoms with van der Waals surface area (Å²) in [6, 6.07) is 16.3. The number of thioether (sulfide) groups is 1. The Balaban J connectivity index is 1.74. The van der Waals surface area contributed by atoms with Gasteiger partial charge in [-0.25, -0.2) is 0 Å². The molecule has 24 heavy (non-hydrogen) atoms. The van der Waals surface area contributed by atoms with Crippen molar-refractivity contribution in [1.29, 1.82) is 0 Å². The van der Waals surface area contributed by atoms with Gasteiger partial charge in [0.25, 0.3) is 5.91 Å². The predicted octanol–water partition coefficient (Wildman–Crippen LogP) is 4.41. The van der Waals surface area contributed by atoms with Gasteiger partial charge >= 0.3 is 0 Å². The molecule has 3 nitrogen and oxygen atoms in total. The normalized spacial score (nSPS) is 10.7. The highest BCUT2D eigenvalue weighted by Gasteiger charge is 2.10. The Morgan fingerprint density at radius 3 is 2.62 bits per heavy atom. The molecule has 0 fully saturated rings. The molecule has 0 saturated carbocycles. The van der Waals surface area contributed by atoms with E-state index in [1.165, 1.54) is 4.90 Å². The lowest BCUT2D eigenvalue weighted by Gasteiger charge is -2.14. The molecular formula is C20H25NO2S. The van der Waals surface area contributed by atoms with Crippen molar-refractivity contribution < 1.29 is 9.53 Å². The summed E-state index contributed by atoms with van der Waals surface area (Å²) in [5.74, 6) is 1.93. The zero-order chi connectivity index (χ0) is 17.4. The number of carbonyl (C=O) groups excluding carboxylic acids is 1. The molecule has 1 amide bonds. The van der Waals surface area contributed by atoms with E-state index >= 15 is 0 Å². The van der Waals surface area contributed by atoms with Crippen molar-refractivity contribution in [2.75, 3.05) is 18.9 Å². The van der Waals surface area contributed by atoms with Gasteiger partial charge < -0.3 is 10.1 Å². The fourth-order valence-corrected chi connectivity index (χ4v) is 3.10. The van der Waals surface area contributed by atoms with Gasteiger partial charge in [0.2, 0.25) is 0 Å². The molecule has 2 rings (SSSR count). The molecule has 0 aromatic heterocycles. The second kappa shape index (κ2) is 9.38. The van der Waals surface area contributed by atoms with E-state index in [9.17, 15) is 4.79 Å². The zero-order valence-electron chi connectivity index (χ0n) is 14.5. The molecule has 0 spiro atoms. The highest BCUT2D eigenvalue weighted by molar-refractivity contribution is 7.99. The summed E-state index contributed by atoms with van der Waals surface area (Å²) in [7, 11) is 0. The average molecular weight is 343 g/mol. The van der Waals surface area contributed by atoms with Crippen LogP contribution in [0.15, 0.2) is 53.4 Å². The van der Waals surface area contributed by atoms with Crippen molar-refractivity contribution in [2.24, 2.45) is 0 Å². The van der Waals surface area contributed by atoms with E-state index < -0.39 is 0 Å². The molecule has 0 bridgehead atoms. The Kier molecular flexibility index (Phi) is 7.19. The maximum atomic E-state index is 11.9. The summed E-state index contributed by atoms with van der Waals surface area (Å²) < 4.78 is 5.74. The lowest BCUT2D eigenvalue weighted by molar-refractivity contribution is -0.122. The van der Waals surface area contributed by atoms with Crippen LogP contribution in [-0.2, 0) is 4.79 Å². The van der Waals surface area contributed by atoms with Gasteiger partial charge in [0.05, 0.1) is 0 Å². The molecule has 0 radical (unpaired) electrons. The molecule has 0 aliphatic carbocycles. The minimum atomic E-state index is -0.0835. The molecule has 1 N–H and O–H groups in total. The van der Waals surface area contributed by atoms with Crippen LogP contribution in [0.5, 0.6) is 5.75 Å². The van der Waals surface area contributed by atoms with Crippen LogP contribution < -0.4 is 10.1 Å². The topological polar surface area (TPSA) is 38.3 Å². The fraction of sp³-hybridized carbons (Fsp3) is 0.350. The third kappa shape index (κ3) is 5.93. The van der Waals surface area contributed by atoms with Crippen molar-refractivity contribution in [2.45, 2.75) is 31.6 Å². The second-order valence-corrected chi connectivity index (χ2v) is 7.16. The van der Waals surface area contributed by atoms with Gasteiger partial charge in [-0.1, -0.05) is 44.2 Å². The SMILES string of the molecule is Cc1ccc(C(C)C)c(OCC(=O)NCCSc2ccccc2)c1. The average Bonchev–Trinajstić information content (AvgIpc) is 2.57. The molecular weight excluding hydrogens is 318 g/mol. The number of amides is 1. The highest BCUT2D eigenvalue weighted by atomic mass is 32.2. The number of benzene rings is 2. The second-order valence-electron chi connectivity index (χ2n) is 6.00. The molecule has 2 aromatic carbocycles. The summed E-state index contributed by atoms with van der Waals surface area (Å²) in [6.07, 6.45) is 0. The molecule has 0 unspecified atom stereocenters. The monoisotopic (exact) mass is 343 g/mol. The first-order valence-electron chi connectivity index (χ1n) is 8.24. The minimum Gasteiger partial charge on any atom is -0.483 e. The van der Waals surface area contributed by atoms with Crippen molar-refractivity contribution >= 4 is 17.7 Å². The third-order valence-corrected chi connectivity index (χ3v) is 4.60. The Hall–Kier alpha value is -1.94. The van der Waals surface area contributed by atoms with Crippen LogP contribution in [0.1, 0.15) is 30.9 Å². The molecule has 128 valence electrons. The molecule has 0 aliphatic heterocycles. The maximum absolute atomic E-state index is 11.9. The van der Waals surface area contributed by atoms with Gasteiger partial charge in [0.15, 0.2) is 6.61 Å². The van der Waals surface area contributed by atoms with Crippen molar-refractivity contribution in [3.63, 3.8) is 0 Å². The first-order valence-corrected chi connectivity index (χ1v) is 9.22. The number of ether oxygens (including phenoxy) is 1. The van der Waals surface area contributed by atoms with Crippen LogP contribution in [0.25, 0.3) is 0 Å². The molecule has 0 aliphatic rings. The Morgan fingerprint density at radius 2 is 1.92 bits per heavy atom. The van der Waals surface area contributed by atoms with Crippen molar-refractivity contribution in [1.82, 2.24) is 5.32 Å². The van der Waals surface area contributed by atoms with E-state index in [2.05, 4.69) is 43.4 Å². The van der Waals surface area contributed by atoms with Crippen LogP contribution in [-0.4, -0.2) is 24.8 Å². The van der Waals surface area contributed by atoms with Crippen molar-refractivity contribution in [3.05, 3.63) is 59.7 Å². The van der Waals surface area contributed by atoms with Crippen LogP contribution in [0.3, 0.4) is 0 Å². The van der Waals surface area contributed by atoms with Gasteiger partial charge in [-0.2, -0.15) is 0 Å². The number of aryl methyl sites for hydroxylation is 1. The summed E-state index contributed by atoms with van der Waals surface area (Å²) in [6.45, 7) is 6.96. The Bertz CT molecular complexity index is 656. The number of rotatable bonds is 8. The van der Waals surface area contributed by atoms with Crippen LogP contribution in [0.2, 0.25) is 0 Å². The van der Waals surface area contributed by atoms with E-state index in [-0.39, 0.29) is 12.5 Å². The summed E-state index contributed by atoms with van der Waals surface area (Å²) in [5.41, 5.74) is 2.27. The van der Waals surface area contributed by atoms with Gasteiger partial charge in [-0.15, -0.1) is 11.8 Å². The van der Waals surface area contributed by atoms with Gasteiger partial charge in [-0.05, 0) is 42.2 Å². The van der Waals surface area contributed by atoms with Crippen LogP contribution in [0, 0.1) is 6.92 Å². The fourth-order valence-electron chi connectivity index (χ4n) is 2.31. The predicted molar refractivity (Wildman–Crippen MR) is 101 cm³/mol. The Morgan fingerprint density at radius 1 is 1.17 bits per heavy atom. The summed E-state index contributed by atoms with van der Waals surface area (Å²) in [4.78, 5) is 13.2. The van der Waals surface area contributed by atoms with Gasteiger partial charge in [-0.3, -0.25) is 4.79 Å². The molecule has 0 atom stereocenters. The first kappa shape index (κ1) is 18.4. The number of nitrogens with one attached hydrogen (secondary N) is 1. The highest BCUT2D eigenvalue weighted by Crippen LogP contribution is 2.27. The third-order valence-electron chi connectivity index (χ3n) is 3.59. The first-order chi connectivity index (χ1) is 11.6. The lowest BCUT2D eigenvalue weighted by atomic mass is 10.0. The summed E-state index contributed by atoms with van der Waals surface area (Å²) in [5, 5.41) is 2.90. The van der Waals surface area contributed by atoms with Crippen LogP contribution in [0.4, 0.5) is 0 Å². The zero-order valence-corrected chi connectivity index (χ0v) is 15.4. The van der Waals surface area contributed by atoms with Gasteiger partial charge in [0, 0.05) is 17.2 Å². The summed E-state index contributed by atoms with van der Waals surface area (Å²) >= 11 is 1.73. The number of carbonyl (C=O) groups is 1. The molecule has 0 heterocycles. The number of hydrogen-bond acceptors (Lipinski definition) is 3. The lowest BCUT2D eigenvalue weighted by Crippen LogP contribution is -2.30. The molecule has 2 aromatic rings. The van der Waals surface area contributed by atoms with Gasteiger partial charge in [0.1, 0.15) is 5.75 Å². The maximum Gasteiger partial charge on any atom is 0.257 e. The quantitative estimate of drug-likeness (QED) is 0.570. The molecule has 4 heteroatoms. The van der Waals surface area contributed by atoms with E-state index in [0.717, 1.165) is 22.6 Å². The van der Waals surface area contributed by atoms with E-state index in [0.29, 0.717) is 12.5 Å². The van der Waals surface area contributed by atoms with E-state index in [1.807, 2.05) is 31.2 Å². The minimum absolute atomic E-state index is 0.0547. The van der Waals surface area contributed by atoms with E-state index in [1.54, 1.807) is 11.8 Å². The van der Waals surface area contributed by atoms with Crippen molar-refractivity contribution in [3.8, 4) is 5.75 Å². The van der Waals surface area contributed by atoms with E-state index in [4.69, 9.17) is 4.74 Å². The molecule has 0 saturated heterocycles. The smallest absolute Gasteiger partial charge is 0.257 e. The number of hydrogen-bond donors (Lipinski definition) is 1. The largest absolute Gasteiger partial charge is 0.483 e. The van der Waals surface area contributed by atoms with Crippen LogP contribution >= 0.6 is 11.8 Å². The standard InChI is InChI=1S/C20H25NO2S/c1-15(2)18-10-9-16(3)13-19(18)23-14-20(22)21-11-12-24-17-7-5-4-6-8-17/h4-10,13,15H,11-12,14H2,1-3H3,(H,21,22). The Labute approximate surface area is 148 Å².